The van der Waals surface area contributed by atoms with Crippen LogP contribution >= 0.6 is 0 Å². The van der Waals surface area contributed by atoms with Gasteiger partial charge in [-0.3, -0.25) is 15.1 Å². The summed E-state index contributed by atoms with van der Waals surface area (Å²) in [5.74, 6) is 5.75. The van der Waals surface area contributed by atoms with E-state index < -0.39 is 0 Å². The van der Waals surface area contributed by atoms with E-state index in [9.17, 15) is 0 Å². The molecular weight excluding hydrogens is 168 g/mol. The Morgan fingerprint density at radius 3 is 3.08 bits per heavy atom. The highest BCUT2D eigenvalue weighted by Gasteiger charge is 1.93. The van der Waals surface area contributed by atoms with Crippen LogP contribution in [0.4, 0.5) is 0 Å². The van der Waals surface area contributed by atoms with E-state index in [-0.39, 0.29) is 0 Å². The van der Waals surface area contributed by atoms with Crippen LogP contribution in [0.15, 0.2) is 23.5 Å². The maximum Gasteiger partial charge on any atom is 0.205 e. The van der Waals surface area contributed by atoms with Crippen molar-refractivity contribution in [2.45, 2.75) is 6.54 Å². The normalized spacial score (nSPS) is 11.4. The lowest BCUT2D eigenvalue weighted by Crippen LogP contribution is -2.42. The van der Waals surface area contributed by atoms with Crippen LogP contribution < -0.4 is 16.6 Å². The molecule has 0 aliphatic rings. The summed E-state index contributed by atoms with van der Waals surface area (Å²) >= 11 is 0. The van der Waals surface area contributed by atoms with Crippen LogP contribution in [0, 0.1) is 0 Å². The van der Waals surface area contributed by atoms with E-state index in [1.54, 1.807) is 13.2 Å². The molecule has 1 aromatic heterocycles. The number of hydrazine groups is 1. The predicted octanol–water partition coefficient (Wildman–Crippen LogP) is -1.08. The molecule has 0 bridgehead atoms. The molecule has 6 heteroatoms. The van der Waals surface area contributed by atoms with Gasteiger partial charge in [-0.2, -0.15) is 5.10 Å². The number of rotatable bonds is 3. The Balaban J connectivity index is 2.21. The monoisotopic (exact) mass is 182 g/mol. The zero-order valence-electron chi connectivity index (χ0n) is 7.57. The van der Waals surface area contributed by atoms with Crippen molar-refractivity contribution in [3.05, 3.63) is 18.5 Å². The fourth-order valence-electron chi connectivity index (χ4n) is 0.916. The first kappa shape index (κ1) is 9.53. The quantitative estimate of drug-likeness (QED) is 0.240. The third-order valence-corrected chi connectivity index (χ3v) is 1.55. The van der Waals surface area contributed by atoms with Crippen LogP contribution in [0.3, 0.4) is 0 Å². The molecule has 4 N–H and O–H groups in total. The van der Waals surface area contributed by atoms with Crippen molar-refractivity contribution in [2.75, 3.05) is 13.6 Å². The maximum atomic E-state index is 5.18. The summed E-state index contributed by atoms with van der Waals surface area (Å²) in [6.45, 7) is 1.52. The lowest BCUT2D eigenvalue weighted by molar-refractivity contribution is 0.598. The number of aliphatic imine (C=N–C) groups is 1. The molecule has 0 aliphatic heterocycles. The summed E-state index contributed by atoms with van der Waals surface area (Å²) in [5.41, 5.74) is 2.44. The van der Waals surface area contributed by atoms with E-state index in [0.29, 0.717) is 5.96 Å². The minimum atomic E-state index is 0.576. The van der Waals surface area contributed by atoms with Crippen molar-refractivity contribution in [1.82, 2.24) is 20.5 Å². The van der Waals surface area contributed by atoms with E-state index in [1.165, 1.54) is 0 Å². The average molecular weight is 182 g/mol. The molecule has 0 radical (unpaired) electrons. The molecule has 1 heterocycles. The minimum absolute atomic E-state index is 0.576. The Morgan fingerprint density at radius 2 is 2.54 bits per heavy atom. The van der Waals surface area contributed by atoms with Crippen molar-refractivity contribution in [3.8, 4) is 0 Å². The van der Waals surface area contributed by atoms with Crippen molar-refractivity contribution in [2.24, 2.45) is 10.8 Å². The zero-order chi connectivity index (χ0) is 9.52. The van der Waals surface area contributed by atoms with Crippen LogP contribution in [0.25, 0.3) is 0 Å². The number of nitrogens with zero attached hydrogens (tertiary/aromatic N) is 3. The molecule has 0 amide bonds. The Hall–Kier alpha value is -1.56. The van der Waals surface area contributed by atoms with E-state index in [4.69, 9.17) is 5.84 Å². The van der Waals surface area contributed by atoms with Crippen molar-refractivity contribution in [1.29, 1.82) is 0 Å². The molecular formula is C7H14N6. The molecule has 1 aromatic rings. The molecule has 0 fully saturated rings. The molecule has 0 saturated carbocycles. The average Bonchev–Trinajstić information content (AvgIpc) is 2.65. The summed E-state index contributed by atoms with van der Waals surface area (Å²) in [4.78, 5) is 3.87. The van der Waals surface area contributed by atoms with Gasteiger partial charge in [-0.25, -0.2) is 5.84 Å². The predicted molar refractivity (Wildman–Crippen MR) is 50.9 cm³/mol. The molecule has 0 aromatic carbocycles. The second kappa shape index (κ2) is 5.15. The molecule has 0 spiro atoms. The molecule has 0 aliphatic carbocycles. The second-order valence-electron chi connectivity index (χ2n) is 2.41. The van der Waals surface area contributed by atoms with Crippen molar-refractivity contribution in [3.63, 3.8) is 0 Å². The Morgan fingerprint density at radius 1 is 1.69 bits per heavy atom. The van der Waals surface area contributed by atoms with Crippen LogP contribution in [0.2, 0.25) is 0 Å². The summed E-state index contributed by atoms with van der Waals surface area (Å²) in [6.07, 6.45) is 3.65. The number of hydrogen-bond donors (Lipinski definition) is 3. The summed E-state index contributed by atoms with van der Waals surface area (Å²) in [5, 5.41) is 7.06. The molecule has 13 heavy (non-hydrogen) atoms. The van der Waals surface area contributed by atoms with Gasteiger partial charge in [0.2, 0.25) is 5.96 Å². The molecule has 0 atom stereocenters. The van der Waals surface area contributed by atoms with Gasteiger partial charge >= 0.3 is 0 Å². The minimum Gasteiger partial charge on any atom is -0.353 e. The number of hydrogen-bond acceptors (Lipinski definition) is 3. The maximum absolute atomic E-state index is 5.18. The van der Waals surface area contributed by atoms with E-state index in [2.05, 4.69) is 20.8 Å². The number of guanidine groups is 1. The molecule has 1 rings (SSSR count). The first-order valence-corrected chi connectivity index (χ1v) is 4.01. The Bertz CT molecular complexity index is 252. The molecule has 0 unspecified atom stereocenters. The lowest BCUT2D eigenvalue weighted by atomic mass is 10.6. The number of aromatic nitrogens is 2. The molecule has 0 saturated heterocycles. The fourth-order valence-corrected chi connectivity index (χ4v) is 0.916. The summed E-state index contributed by atoms with van der Waals surface area (Å²) in [6, 6.07) is 1.88. The number of nitrogens with one attached hydrogen (secondary N) is 2. The van der Waals surface area contributed by atoms with Gasteiger partial charge in [0.15, 0.2) is 0 Å². The smallest absolute Gasteiger partial charge is 0.205 e. The number of nitrogens with two attached hydrogens (primary N) is 1. The van der Waals surface area contributed by atoms with Crippen molar-refractivity contribution >= 4 is 5.96 Å². The van der Waals surface area contributed by atoms with E-state index >= 15 is 0 Å². The zero-order valence-corrected chi connectivity index (χ0v) is 7.57. The highest BCUT2D eigenvalue weighted by molar-refractivity contribution is 5.78. The van der Waals surface area contributed by atoms with Crippen molar-refractivity contribution < 1.29 is 0 Å². The first-order chi connectivity index (χ1) is 6.36. The van der Waals surface area contributed by atoms with Crippen LogP contribution in [0.1, 0.15) is 0 Å². The van der Waals surface area contributed by atoms with Gasteiger partial charge in [0.25, 0.3) is 0 Å². The first-order valence-electron chi connectivity index (χ1n) is 4.01. The van der Waals surface area contributed by atoms with Gasteiger partial charge in [-0.1, -0.05) is 0 Å². The van der Waals surface area contributed by atoms with E-state index in [0.717, 1.165) is 13.1 Å². The standard InChI is InChI=1S/C7H14N6/c1-9-7(12-8)10-4-6-13-5-2-3-11-13/h2-3,5H,4,6,8H2,1H3,(H2,9,10,12). The third-order valence-electron chi connectivity index (χ3n) is 1.55. The van der Waals surface area contributed by atoms with Gasteiger partial charge in [0, 0.05) is 26.0 Å². The lowest BCUT2D eigenvalue weighted by Gasteiger charge is -2.07. The van der Waals surface area contributed by atoms with Gasteiger partial charge in [0.1, 0.15) is 0 Å². The molecule has 72 valence electrons. The van der Waals surface area contributed by atoms with Gasteiger partial charge < -0.3 is 5.32 Å². The fraction of sp³-hybridized carbons (Fsp3) is 0.429. The third kappa shape index (κ3) is 3.12. The van der Waals surface area contributed by atoms with Crippen LogP contribution in [0.5, 0.6) is 0 Å². The SMILES string of the molecule is CN=C(NN)NCCn1cccn1. The van der Waals surface area contributed by atoms with E-state index in [1.807, 2.05) is 16.9 Å². The largest absolute Gasteiger partial charge is 0.353 e. The summed E-state index contributed by atoms with van der Waals surface area (Å²) < 4.78 is 1.83. The highest BCUT2D eigenvalue weighted by Crippen LogP contribution is 1.81. The van der Waals surface area contributed by atoms with Gasteiger partial charge in [-0.05, 0) is 6.07 Å². The topological polar surface area (TPSA) is 80.3 Å². The van der Waals surface area contributed by atoms with Gasteiger partial charge in [-0.15, -0.1) is 0 Å². The second-order valence-corrected chi connectivity index (χ2v) is 2.41. The Labute approximate surface area is 76.8 Å². The highest BCUT2D eigenvalue weighted by atomic mass is 15.3. The molecule has 6 nitrogen and oxygen atoms in total. The van der Waals surface area contributed by atoms with Gasteiger partial charge in [0.05, 0.1) is 6.54 Å². The van der Waals surface area contributed by atoms with Crippen LogP contribution in [-0.2, 0) is 6.54 Å². The van der Waals surface area contributed by atoms with Crippen LogP contribution in [-0.4, -0.2) is 29.3 Å². The Kier molecular flexibility index (Phi) is 3.77. The summed E-state index contributed by atoms with van der Waals surface area (Å²) in [7, 11) is 1.66.